The quantitative estimate of drug-likeness (QED) is 0.905. The molecule has 1 aliphatic heterocycles. The molecule has 0 radical (unpaired) electrons. The third kappa shape index (κ3) is 3.10. The van der Waals surface area contributed by atoms with Crippen molar-refractivity contribution in [1.82, 2.24) is 9.29 Å². The first-order valence-electron chi connectivity index (χ1n) is 6.29. The molecule has 0 spiro atoms. The average Bonchev–Trinajstić information content (AvgIpc) is 2.64. The highest BCUT2D eigenvalue weighted by Gasteiger charge is 2.32. The number of aliphatic hydroxyl groups excluding tert-OH is 1. The largest absolute Gasteiger partial charge is 0.395 e. The van der Waals surface area contributed by atoms with E-state index < -0.39 is 21.9 Å². The lowest BCUT2D eigenvalue weighted by Gasteiger charge is -2.27. The van der Waals surface area contributed by atoms with Crippen molar-refractivity contribution in [3.05, 3.63) is 24.3 Å². The third-order valence-corrected chi connectivity index (χ3v) is 5.24. The highest BCUT2D eigenvalue weighted by molar-refractivity contribution is 7.89. The van der Waals surface area contributed by atoms with Gasteiger partial charge in [-0.25, -0.2) is 12.8 Å². The summed E-state index contributed by atoms with van der Waals surface area (Å²) in [5.41, 5.74) is 0. The van der Waals surface area contributed by atoms with E-state index in [4.69, 9.17) is 0 Å². The van der Waals surface area contributed by atoms with Crippen LogP contribution in [-0.4, -0.2) is 42.0 Å². The monoisotopic (exact) mass is 288 g/mol. The second-order valence-electron chi connectivity index (χ2n) is 4.64. The van der Waals surface area contributed by atoms with Crippen LogP contribution in [-0.2, 0) is 10.0 Å². The lowest BCUT2D eigenvalue weighted by molar-refractivity contribution is 0.186. The molecule has 1 fully saturated rings. The van der Waals surface area contributed by atoms with Crippen LogP contribution in [0.3, 0.4) is 0 Å². The molecule has 1 aliphatic rings. The number of pyridine rings is 1. The Hall–Kier alpha value is -1.05. The molecule has 1 aromatic rings. The Kier molecular flexibility index (Phi) is 4.49. The summed E-state index contributed by atoms with van der Waals surface area (Å²) in [6.45, 7) is 0.131. The van der Waals surface area contributed by atoms with Crippen LogP contribution >= 0.6 is 0 Å². The normalized spacial score (nSPS) is 22.1. The number of aromatic nitrogens is 1. The molecule has 5 nitrogen and oxygen atoms in total. The van der Waals surface area contributed by atoms with Gasteiger partial charge in [-0.05, 0) is 18.9 Å². The minimum atomic E-state index is -3.80. The Balaban J connectivity index is 2.36. The Morgan fingerprint density at radius 3 is 2.84 bits per heavy atom. The fourth-order valence-corrected chi connectivity index (χ4v) is 3.98. The molecule has 106 valence electrons. The molecule has 0 amide bonds. The van der Waals surface area contributed by atoms with E-state index in [1.54, 1.807) is 0 Å². The molecule has 19 heavy (non-hydrogen) atoms. The van der Waals surface area contributed by atoms with Crippen LogP contribution in [0.25, 0.3) is 0 Å². The number of hydrogen-bond donors (Lipinski definition) is 1. The molecule has 1 aromatic heterocycles. The summed E-state index contributed by atoms with van der Waals surface area (Å²) in [4.78, 5) is 3.42. The molecular formula is C12H17FN2O3S. The van der Waals surface area contributed by atoms with Gasteiger partial charge in [-0.2, -0.15) is 4.31 Å². The molecule has 2 rings (SSSR count). The van der Waals surface area contributed by atoms with E-state index in [1.165, 1.54) is 4.31 Å². The maximum Gasteiger partial charge on any atom is 0.245 e. The molecular weight excluding hydrogens is 271 g/mol. The molecule has 1 N–H and O–H groups in total. The summed E-state index contributed by atoms with van der Waals surface area (Å²) < 4.78 is 39.3. The first kappa shape index (κ1) is 14.4. The van der Waals surface area contributed by atoms with E-state index >= 15 is 0 Å². The summed E-state index contributed by atoms with van der Waals surface area (Å²) >= 11 is 0. The molecule has 0 bridgehead atoms. The summed E-state index contributed by atoms with van der Waals surface area (Å²) in [6.07, 6.45) is 5.29. The molecule has 0 aromatic carbocycles. The first-order valence-corrected chi connectivity index (χ1v) is 7.73. The standard InChI is InChI=1S/C12H17FN2O3S/c13-10-6-12(8-14-7-10)19(17,18)15-5-3-1-2-4-11(15)9-16/h6-8,11,16H,1-5,9H2. The third-order valence-electron chi connectivity index (χ3n) is 3.32. The topological polar surface area (TPSA) is 70.5 Å². The van der Waals surface area contributed by atoms with Crippen molar-refractivity contribution < 1.29 is 17.9 Å². The number of halogens is 1. The van der Waals surface area contributed by atoms with Crippen molar-refractivity contribution in [3.63, 3.8) is 0 Å². The van der Waals surface area contributed by atoms with Crippen LogP contribution < -0.4 is 0 Å². The fraction of sp³-hybridized carbons (Fsp3) is 0.583. The molecule has 1 unspecified atom stereocenters. The van der Waals surface area contributed by atoms with Crippen LogP contribution in [0.1, 0.15) is 25.7 Å². The zero-order valence-electron chi connectivity index (χ0n) is 10.5. The van der Waals surface area contributed by atoms with E-state index in [9.17, 15) is 17.9 Å². The van der Waals surface area contributed by atoms with Crippen molar-refractivity contribution in [1.29, 1.82) is 0 Å². The highest BCUT2D eigenvalue weighted by Crippen LogP contribution is 2.24. The predicted molar refractivity (Wildman–Crippen MR) is 67.4 cm³/mol. The Morgan fingerprint density at radius 2 is 2.16 bits per heavy atom. The fourth-order valence-electron chi connectivity index (χ4n) is 2.32. The number of rotatable bonds is 3. The Labute approximate surface area is 112 Å². The smallest absolute Gasteiger partial charge is 0.245 e. The van der Waals surface area contributed by atoms with Crippen LogP contribution in [0.15, 0.2) is 23.4 Å². The zero-order valence-corrected chi connectivity index (χ0v) is 11.3. The zero-order chi connectivity index (χ0) is 13.9. The molecule has 2 heterocycles. The van der Waals surface area contributed by atoms with Gasteiger partial charge < -0.3 is 5.11 Å². The molecule has 0 saturated carbocycles. The van der Waals surface area contributed by atoms with Crippen molar-refractivity contribution in [2.24, 2.45) is 0 Å². The van der Waals surface area contributed by atoms with E-state index in [0.29, 0.717) is 13.0 Å². The highest BCUT2D eigenvalue weighted by atomic mass is 32.2. The Bertz CT molecular complexity index is 536. The number of aliphatic hydroxyl groups is 1. The summed E-state index contributed by atoms with van der Waals surface area (Å²) in [7, 11) is -3.80. The van der Waals surface area contributed by atoms with Gasteiger partial charge in [0.15, 0.2) is 0 Å². The van der Waals surface area contributed by atoms with E-state index in [2.05, 4.69) is 4.98 Å². The maximum absolute atomic E-state index is 13.1. The van der Waals surface area contributed by atoms with Crippen molar-refractivity contribution in [2.45, 2.75) is 36.6 Å². The van der Waals surface area contributed by atoms with E-state index in [0.717, 1.165) is 37.7 Å². The van der Waals surface area contributed by atoms with Gasteiger partial charge in [0.1, 0.15) is 10.7 Å². The van der Waals surface area contributed by atoms with Gasteiger partial charge in [-0.3, -0.25) is 4.98 Å². The van der Waals surface area contributed by atoms with Gasteiger partial charge in [0, 0.05) is 18.8 Å². The average molecular weight is 288 g/mol. The summed E-state index contributed by atoms with van der Waals surface area (Å²) in [5.74, 6) is -0.684. The van der Waals surface area contributed by atoms with Crippen molar-refractivity contribution in [3.8, 4) is 0 Å². The molecule has 7 heteroatoms. The molecule has 1 atom stereocenters. The minimum Gasteiger partial charge on any atom is -0.395 e. The SMILES string of the molecule is O=S(=O)(c1cncc(F)c1)N1CCCCCC1CO. The van der Waals surface area contributed by atoms with Crippen LogP contribution in [0.2, 0.25) is 0 Å². The van der Waals surface area contributed by atoms with E-state index in [1.807, 2.05) is 0 Å². The van der Waals surface area contributed by atoms with Gasteiger partial charge in [-0.1, -0.05) is 12.8 Å². The first-order chi connectivity index (χ1) is 9.05. The van der Waals surface area contributed by atoms with Crippen molar-refractivity contribution >= 4 is 10.0 Å². The molecule has 0 aliphatic carbocycles. The van der Waals surface area contributed by atoms with Gasteiger partial charge in [-0.15, -0.1) is 0 Å². The van der Waals surface area contributed by atoms with Gasteiger partial charge in [0.2, 0.25) is 10.0 Å². The van der Waals surface area contributed by atoms with E-state index in [-0.39, 0.29) is 11.5 Å². The van der Waals surface area contributed by atoms with Gasteiger partial charge >= 0.3 is 0 Å². The van der Waals surface area contributed by atoms with Crippen LogP contribution in [0.4, 0.5) is 4.39 Å². The maximum atomic E-state index is 13.1. The van der Waals surface area contributed by atoms with Crippen LogP contribution in [0, 0.1) is 5.82 Å². The second-order valence-corrected chi connectivity index (χ2v) is 6.53. The van der Waals surface area contributed by atoms with Gasteiger partial charge in [0.05, 0.1) is 12.8 Å². The summed E-state index contributed by atoms with van der Waals surface area (Å²) in [5, 5.41) is 9.36. The molecule has 1 saturated heterocycles. The van der Waals surface area contributed by atoms with Crippen LogP contribution in [0.5, 0.6) is 0 Å². The van der Waals surface area contributed by atoms with Gasteiger partial charge in [0.25, 0.3) is 0 Å². The number of sulfonamides is 1. The number of nitrogens with zero attached hydrogens (tertiary/aromatic N) is 2. The number of hydrogen-bond acceptors (Lipinski definition) is 4. The lowest BCUT2D eigenvalue weighted by atomic mass is 10.1. The Morgan fingerprint density at radius 1 is 1.37 bits per heavy atom. The van der Waals surface area contributed by atoms with Crippen molar-refractivity contribution in [2.75, 3.05) is 13.2 Å². The summed E-state index contributed by atoms with van der Waals surface area (Å²) in [6, 6.07) is 0.526. The predicted octanol–water partition coefficient (Wildman–Crippen LogP) is 1.15. The lowest BCUT2D eigenvalue weighted by Crippen LogP contribution is -2.42. The minimum absolute atomic E-state index is 0.159. The second kappa shape index (κ2) is 5.94.